The average molecular weight is 483 g/mol. The fourth-order valence-electron chi connectivity index (χ4n) is 5.76. The topological polar surface area (TPSA) is 54.4 Å². The molecule has 33 heavy (non-hydrogen) atoms. The largest absolute Gasteiger partial charge is 0.393 e. The van der Waals surface area contributed by atoms with Crippen LogP contribution in [0.2, 0.25) is 0 Å². The molecule has 3 atom stereocenters. The summed E-state index contributed by atoms with van der Waals surface area (Å²) in [6.07, 6.45) is 12.6. The molecular weight excluding hydrogens is 442 g/mol. The van der Waals surface area contributed by atoms with E-state index in [9.17, 15) is 22.3 Å². The number of allylic oxidation sites excluding steroid dienone is 6. The van der Waals surface area contributed by atoms with Crippen molar-refractivity contribution in [2.45, 2.75) is 108 Å². The summed E-state index contributed by atoms with van der Waals surface area (Å²) in [7, 11) is -4.54. The molecule has 0 heterocycles. The Bertz CT molecular complexity index is 966. The molecule has 3 aliphatic carbocycles. The molecule has 3 rings (SSSR count). The van der Waals surface area contributed by atoms with E-state index in [1.54, 1.807) is 0 Å². The van der Waals surface area contributed by atoms with Crippen molar-refractivity contribution in [3.05, 3.63) is 47.1 Å². The van der Waals surface area contributed by atoms with E-state index in [2.05, 4.69) is 31.7 Å². The molecule has 0 aliphatic heterocycles. The third-order valence-corrected chi connectivity index (χ3v) is 10.6. The predicted molar refractivity (Wildman–Crippen MR) is 131 cm³/mol. The summed E-state index contributed by atoms with van der Waals surface area (Å²) >= 11 is 0. The minimum Gasteiger partial charge on any atom is -0.393 e. The maximum atomic E-state index is 14.6. The van der Waals surface area contributed by atoms with Crippen molar-refractivity contribution >= 4 is 9.84 Å². The summed E-state index contributed by atoms with van der Waals surface area (Å²) in [6, 6.07) is 0. The number of hydrogen-bond acceptors (Lipinski definition) is 3. The fraction of sp³-hybridized carbons (Fsp3) is 0.704. The molecule has 3 unspecified atom stereocenters. The number of rotatable bonds is 6. The second-order valence-electron chi connectivity index (χ2n) is 11.3. The first kappa shape index (κ1) is 26.3. The second kappa shape index (κ2) is 9.41. The van der Waals surface area contributed by atoms with E-state index < -0.39 is 26.3 Å². The Morgan fingerprint density at radius 3 is 2.61 bits per heavy atom. The SMILES string of the molecule is C=C1CCC(O)CC1=CC=C1CCCC2(C)C(CCCC(F)(F)S(=O)(=O)C(C)(C)C)=CCC12. The summed E-state index contributed by atoms with van der Waals surface area (Å²) in [6.45, 7) is 10.4. The Balaban J connectivity index is 1.68. The Morgan fingerprint density at radius 2 is 1.94 bits per heavy atom. The number of halogens is 2. The maximum absolute atomic E-state index is 14.6. The molecule has 6 heteroatoms. The van der Waals surface area contributed by atoms with Gasteiger partial charge in [0.2, 0.25) is 9.84 Å². The first-order valence-corrected chi connectivity index (χ1v) is 13.7. The molecule has 3 aliphatic rings. The van der Waals surface area contributed by atoms with Crippen molar-refractivity contribution in [1.29, 1.82) is 0 Å². The molecule has 0 spiro atoms. The lowest BCUT2D eigenvalue weighted by molar-refractivity contribution is 0.0765. The summed E-state index contributed by atoms with van der Waals surface area (Å²) in [5, 5.41) is 6.29. The molecule has 0 amide bonds. The van der Waals surface area contributed by atoms with Gasteiger partial charge in [-0.25, -0.2) is 8.42 Å². The van der Waals surface area contributed by atoms with Gasteiger partial charge in [-0.3, -0.25) is 0 Å². The third-order valence-electron chi connectivity index (χ3n) is 8.01. The molecule has 3 nitrogen and oxygen atoms in total. The minimum absolute atomic E-state index is 0.0517. The Hall–Kier alpha value is -1.27. The van der Waals surface area contributed by atoms with E-state index in [1.807, 2.05) is 0 Å². The highest BCUT2D eigenvalue weighted by atomic mass is 32.2. The highest BCUT2D eigenvalue weighted by molar-refractivity contribution is 7.93. The van der Waals surface area contributed by atoms with E-state index >= 15 is 0 Å². The van der Waals surface area contributed by atoms with Crippen LogP contribution in [0.3, 0.4) is 0 Å². The van der Waals surface area contributed by atoms with Crippen LogP contribution in [-0.4, -0.2) is 29.6 Å². The smallest absolute Gasteiger partial charge is 0.346 e. The molecule has 0 radical (unpaired) electrons. The van der Waals surface area contributed by atoms with Gasteiger partial charge in [0.05, 0.1) is 10.9 Å². The van der Waals surface area contributed by atoms with E-state index in [4.69, 9.17) is 0 Å². The zero-order valence-corrected chi connectivity index (χ0v) is 21.4. The summed E-state index contributed by atoms with van der Waals surface area (Å²) in [5.74, 6) is 0.360. The Kier molecular flexibility index (Phi) is 7.51. The number of sulfone groups is 1. The number of aliphatic hydroxyl groups excluding tert-OH is 1. The predicted octanol–water partition coefficient (Wildman–Crippen LogP) is 7.05. The summed E-state index contributed by atoms with van der Waals surface area (Å²) < 4.78 is 52.2. The van der Waals surface area contributed by atoms with Gasteiger partial charge in [0, 0.05) is 6.42 Å². The van der Waals surface area contributed by atoms with E-state index in [0.717, 1.165) is 49.7 Å². The first-order chi connectivity index (χ1) is 15.2. The van der Waals surface area contributed by atoms with Crippen LogP contribution in [0.25, 0.3) is 0 Å². The van der Waals surface area contributed by atoms with Crippen LogP contribution in [0.15, 0.2) is 47.1 Å². The average Bonchev–Trinajstić information content (AvgIpc) is 3.04. The van der Waals surface area contributed by atoms with E-state index in [0.29, 0.717) is 18.8 Å². The summed E-state index contributed by atoms with van der Waals surface area (Å²) in [5.41, 5.74) is 4.77. The lowest BCUT2D eigenvalue weighted by atomic mass is 9.63. The van der Waals surface area contributed by atoms with Crippen LogP contribution in [0.1, 0.15) is 91.9 Å². The Morgan fingerprint density at radius 1 is 1.24 bits per heavy atom. The third kappa shape index (κ3) is 5.22. The van der Waals surface area contributed by atoms with E-state index in [-0.39, 0.29) is 17.9 Å². The van der Waals surface area contributed by atoms with Gasteiger partial charge in [0.25, 0.3) is 0 Å². The molecule has 0 aromatic rings. The standard InChI is InChI=1S/C27H40F2O3S/c1-19-10-14-23(30)18-21(19)12-11-20-8-6-16-26(5)22(13-15-24(20)26)9-7-17-27(28,29)33(31,32)25(2,3)4/h11-13,23-24,30H,1,6-10,14-18H2,2-5H3. The number of alkyl halides is 2. The van der Waals surface area contributed by atoms with Gasteiger partial charge >= 0.3 is 5.25 Å². The summed E-state index contributed by atoms with van der Waals surface area (Å²) in [4.78, 5) is 0. The van der Waals surface area contributed by atoms with Crippen LogP contribution in [0, 0.1) is 11.3 Å². The molecular formula is C27H40F2O3S. The Labute approximate surface area is 198 Å². The van der Waals surface area contributed by atoms with Crippen LogP contribution >= 0.6 is 0 Å². The van der Waals surface area contributed by atoms with Gasteiger partial charge in [-0.15, -0.1) is 0 Å². The minimum atomic E-state index is -4.54. The van der Waals surface area contributed by atoms with Crippen molar-refractivity contribution in [3.63, 3.8) is 0 Å². The van der Waals surface area contributed by atoms with Crippen molar-refractivity contribution in [1.82, 2.24) is 0 Å². The molecule has 2 fully saturated rings. The van der Waals surface area contributed by atoms with Gasteiger partial charge in [-0.2, -0.15) is 8.78 Å². The molecule has 0 aromatic heterocycles. The van der Waals surface area contributed by atoms with Crippen LogP contribution in [0.5, 0.6) is 0 Å². The molecule has 186 valence electrons. The monoisotopic (exact) mass is 482 g/mol. The van der Waals surface area contributed by atoms with Crippen LogP contribution < -0.4 is 0 Å². The van der Waals surface area contributed by atoms with Gasteiger partial charge in [-0.1, -0.05) is 48.5 Å². The van der Waals surface area contributed by atoms with Crippen LogP contribution in [0.4, 0.5) is 8.78 Å². The molecule has 0 aromatic carbocycles. The number of fused-ring (bicyclic) bond motifs is 1. The van der Waals surface area contributed by atoms with Crippen molar-refractivity contribution in [3.8, 4) is 0 Å². The lowest BCUT2D eigenvalue weighted by Crippen LogP contribution is -2.42. The fourth-order valence-corrected chi connectivity index (χ4v) is 7.06. The highest BCUT2D eigenvalue weighted by Gasteiger charge is 2.51. The van der Waals surface area contributed by atoms with Gasteiger partial charge in [0.1, 0.15) is 0 Å². The van der Waals surface area contributed by atoms with Gasteiger partial charge in [0.15, 0.2) is 0 Å². The van der Waals surface area contributed by atoms with Crippen molar-refractivity contribution in [2.75, 3.05) is 0 Å². The zero-order chi connectivity index (χ0) is 24.7. The van der Waals surface area contributed by atoms with E-state index in [1.165, 1.54) is 31.9 Å². The lowest BCUT2D eigenvalue weighted by Gasteiger charge is -2.41. The van der Waals surface area contributed by atoms with Crippen LogP contribution in [-0.2, 0) is 9.84 Å². The first-order valence-electron chi connectivity index (χ1n) is 12.3. The van der Waals surface area contributed by atoms with Crippen molar-refractivity contribution < 1.29 is 22.3 Å². The number of aliphatic hydroxyl groups is 1. The van der Waals surface area contributed by atoms with Gasteiger partial charge in [-0.05, 0) is 95.5 Å². The molecule has 2 saturated carbocycles. The quantitative estimate of drug-likeness (QED) is 0.413. The van der Waals surface area contributed by atoms with Crippen molar-refractivity contribution in [2.24, 2.45) is 11.3 Å². The number of hydrogen-bond donors (Lipinski definition) is 1. The molecule has 1 N–H and O–H groups in total. The molecule has 0 saturated heterocycles. The highest BCUT2D eigenvalue weighted by Crippen LogP contribution is 2.56. The maximum Gasteiger partial charge on any atom is 0.346 e. The second-order valence-corrected chi connectivity index (χ2v) is 14.2. The van der Waals surface area contributed by atoms with Gasteiger partial charge < -0.3 is 5.11 Å². The normalized spacial score (nSPS) is 31.7. The zero-order valence-electron chi connectivity index (χ0n) is 20.6. The molecule has 0 bridgehead atoms.